The van der Waals surface area contributed by atoms with E-state index in [1.807, 2.05) is 0 Å². The average molecular weight is 372 g/mol. The maximum Gasteiger partial charge on any atom is 0.00683 e. The van der Waals surface area contributed by atoms with Crippen molar-refractivity contribution in [3.05, 3.63) is 0 Å². The first kappa shape index (κ1) is 19.0. The smallest absolute Gasteiger partial charge is 0.00683 e. The van der Waals surface area contributed by atoms with Crippen LogP contribution in [0.2, 0.25) is 0 Å². The lowest BCUT2D eigenvalue weighted by atomic mass is 9.89. The lowest BCUT2D eigenvalue weighted by Gasteiger charge is -2.28. The molecule has 1 fully saturated rings. The molecule has 78 valence electrons. The van der Waals surface area contributed by atoms with Crippen LogP contribution in [0.5, 0.6) is 0 Å². The van der Waals surface area contributed by atoms with Crippen molar-refractivity contribution < 1.29 is 0 Å². The van der Waals surface area contributed by atoms with Gasteiger partial charge in [-0.2, -0.15) is 0 Å². The standard InChI is InChI=1S/C6H15N3.3BrH/c7-4-1-5(8)3-6(9)2-4;;;/h4-6H,1-3,7-9H2;3*1H. The fourth-order valence-electron chi connectivity index (χ4n) is 1.46. The van der Waals surface area contributed by atoms with Crippen molar-refractivity contribution in [3.8, 4) is 0 Å². The van der Waals surface area contributed by atoms with E-state index in [2.05, 4.69) is 0 Å². The highest BCUT2D eigenvalue weighted by Gasteiger charge is 2.21. The molecule has 0 aromatic heterocycles. The van der Waals surface area contributed by atoms with Gasteiger partial charge in [0.15, 0.2) is 0 Å². The van der Waals surface area contributed by atoms with E-state index >= 15 is 0 Å². The normalized spacial score (nSPS) is 33.8. The quantitative estimate of drug-likeness (QED) is 0.591. The summed E-state index contributed by atoms with van der Waals surface area (Å²) >= 11 is 0. The average Bonchev–Trinajstić information content (AvgIpc) is 1.59. The first-order valence-corrected chi connectivity index (χ1v) is 3.45. The molecule has 1 aliphatic carbocycles. The molecule has 0 aromatic carbocycles. The molecule has 0 aromatic rings. The second kappa shape index (κ2) is 8.90. The lowest BCUT2D eigenvalue weighted by Crippen LogP contribution is -2.45. The van der Waals surface area contributed by atoms with Gasteiger partial charge in [0.1, 0.15) is 0 Å². The van der Waals surface area contributed by atoms with Gasteiger partial charge in [-0.3, -0.25) is 0 Å². The fourth-order valence-corrected chi connectivity index (χ4v) is 1.46. The van der Waals surface area contributed by atoms with Gasteiger partial charge in [-0.15, -0.1) is 50.9 Å². The molecule has 3 nitrogen and oxygen atoms in total. The minimum atomic E-state index is 0. The van der Waals surface area contributed by atoms with E-state index < -0.39 is 0 Å². The first-order valence-electron chi connectivity index (χ1n) is 3.45. The van der Waals surface area contributed by atoms with E-state index in [4.69, 9.17) is 17.2 Å². The first-order chi connectivity index (χ1) is 4.18. The summed E-state index contributed by atoms with van der Waals surface area (Å²) in [5.74, 6) is 0. The van der Waals surface area contributed by atoms with Crippen LogP contribution < -0.4 is 17.2 Å². The molecule has 1 rings (SSSR count). The van der Waals surface area contributed by atoms with Gasteiger partial charge in [0.25, 0.3) is 0 Å². The molecular weight excluding hydrogens is 354 g/mol. The Bertz CT molecular complexity index is 79.0. The van der Waals surface area contributed by atoms with Crippen molar-refractivity contribution in [1.82, 2.24) is 0 Å². The maximum atomic E-state index is 5.66. The molecule has 0 spiro atoms. The molecule has 6 heteroatoms. The molecule has 0 bridgehead atoms. The Balaban J connectivity index is -0.000000270. The Hall–Kier alpha value is 1.32. The molecule has 12 heavy (non-hydrogen) atoms. The van der Waals surface area contributed by atoms with E-state index in [9.17, 15) is 0 Å². The van der Waals surface area contributed by atoms with Crippen LogP contribution in [-0.2, 0) is 0 Å². The zero-order valence-corrected chi connectivity index (χ0v) is 11.9. The fraction of sp³-hybridized carbons (Fsp3) is 1.00. The summed E-state index contributed by atoms with van der Waals surface area (Å²) < 4.78 is 0. The molecule has 0 radical (unpaired) electrons. The summed E-state index contributed by atoms with van der Waals surface area (Å²) in [6, 6.07) is 0.719. The largest absolute Gasteiger partial charge is 0.328 e. The molecule has 0 amide bonds. The van der Waals surface area contributed by atoms with Gasteiger partial charge >= 0.3 is 0 Å². The Morgan fingerprint density at radius 2 is 0.750 bits per heavy atom. The minimum Gasteiger partial charge on any atom is -0.328 e. The molecular formula is C6H18Br3N3. The van der Waals surface area contributed by atoms with Crippen LogP contribution >= 0.6 is 50.9 Å². The van der Waals surface area contributed by atoms with Gasteiger partial charge in [-0.1, -0.05) is 0 Å². The zero-order valence-electron chi connectivity index (χ0n) is 6.81. The third kappa shape index (κ3) is 6.80. The van der Waals surface area contributed by atoms with Gasteiger partial charge in [0.05, 0.1) is 0 Å². The highest BCUT2D eigenvalue weighted by Crippen LogP contribution is 2.13. The van der Waals surface area contributed by atoms with Crippen LogP contribution in [0, 0.1) is 0 Å². The number of hydrogen-bond donors (Lipinski definition) is 3. The summed E-state index contributed by atoms with van der Waals surface area (Å²) in [5, 5.41) is 0. The maximum absolute atomic E-state index is 5.66. The van der Waals surface area contributed by atoms with Gasteiger partial charge in [-0.05, 0) is 19.3 Å². The van der Waals surface area contributed by atoms with E-state index in [1.165, 1.54) is 0 Å². The van der Waals surface area contributed by atoms with Crippen LogP contribution in [0.25, 0.3) is 0 Å². The van der Waals surface area contributed by atoms with E-state index in [0.717, 1.165) is 19.3 Å². The Labute approximate surface area is 105 Å². The van der Waals surface area contributed by atoms with Crippen molar-refractivity contribution in [2.45, 2.75) is 37.4 Å². The predicted molar refractivity (Wildman–Crippen MR) is 68.7 cm³/mol. The predicted octanol–water partition coefficient (Wildman–Crippen LogP) is 0.886. The Kier molecular flexibility index (Phi) is 14.1. The van der Waals surface area contributed by atoms with E-state index in [1.54, 1.807) is 0 Å². The monoisotopic (exact) mass is 369 g/mol. The Morgan fingerprint density at radius 3 is 0.917 bits per heavy atom. The van der Waals surface area contributed by atoms with Crippen molar-refractivity contribution in [2.75, 3.05) is 0 Å². The molecule has 0 atom stereocenters. The molecule has 1 saturated carbocycles. The van der Waals surface area contributed by atoms with E-state index in [0.29, 0.717) is 0 Å². The van der Waals surface area contributed by atoms with Crippen molar-refractivity contribution in [3.63, 3.8) is 0 Å². The highest BCUT2D eigenvalue weighted by molar-refractivity contribution is 8.93. The van der Waals surface area contributed by atoms with Gasteiger partial charge in [0, 0.05) is 18.1 Å². The molecule has 0 aliphatic heterocycles. The number of rotatable bonds is 0. The molecule has 0 saturated heterocycles. The van der Waals surface area contributed by atoms with Crippen LogP contribution in [0.3, 0.4) is 0 Å². The van der Waals surface area contributed by atoms with Crippen molar-refractivity contribution >= 4 is 50.9 Å². The van der Waals surface area contributed by atoms with Gasteiger partial charge in [-0.25, -0.2) is 0 Å². The summed E-state index contributed by atoms with van der Waals surface area (Å²) in [6.45, 7) is 0. The minimum absolute atomic E-state index is 0. The third-order valence-electron chi connectivity index (χ3n) is 1.82. The van der Waals surface area contributed by atoms with Gasteiger partial charge < -0.3 is 17.2 Å². The number of nitrogens with two attached hydrogens (primary N) is 3. The van der Waals surface area contributed by atoms with Crippen LogP contribution in [0.4, 0.5) is 0 Å². The summed E-state index contributed by atoms with van der Waals surface area (Å²) in [5.41, 5.74) is 17.0. The number of hydrogen-bond acceptors (Lipinski definition) is 3. The van der Waals surface area contributed by atoms with Crippen LogP contribution in [0.15, 0.2) is 0 Å². The highest BCUT2D eigenvalue weighted by atomic mass is 79.9. The zero-order chi connectivity index (χ0) is 6.85. The number of halogens is 3. The van der Waals surface area contributed by atoms with Crippen molar-refractivity contribution in [2.24, 2.45) is 17.2 Å². The third-order valence-corrected chi connectivity index (χ3v) is 1.82. The summed E-state index contributed by atoms with van der Waals surface area (Å²) in [7, 11) is 0. The molecule has 0 heterocycles. The second-order valence-electron chi connectivity index (χ2n) is 2.99. The van der Waals surface area contributed by atoms with Gasteiger partial charge in [0.2, 0.25) is 0 Å². The van der Waals surface area contributed by atoms with Crippen molar-refractivity contribution in [1.29, 1.82) is 0 Å². The molecule has 1 aliphatic rings. The Morgan fingerprint density at radius 1 is 0.583 bits per heavy atom. The topological polar surface area (TPSA) is 78.1 Å². The van der Waals surface area contributed by atoms with Crippen LogP contribution in [0.1, 0.15) is 19.3 Å². The molecule has 0 unspecified atom stereocenters. The molecule has 6 N–H and O–H groups in total. The second-order valence-corrected chi connectivity index (χ2v) is 2.99. The summed E-state index contributed by atoms with van der Waals surface area (Å²) in [6.07, 6.45) is 2.81. The summed E-state index contributed by atoms with van der Waals surface area (Å²) in [4.78, 5) is 0. The SMILES string of the molecule is Br.Br.Br.NC1CC(N)CC(N)C1. The lowest BCUT2D eigenvalue weighted by molar-refractivity contribution is 0.352. The van der Waals surface area contributed by atoms with Crippen LogP contribution in [-0.4, -0.2) is 18.1 Å². The van der Waals surface area contributed by atoms with E-state index in [-0.39, 0.29) is 69.1 Å².